The lowest BCUT2D eigenvalue weighted by Crippen LogP contribution is -2.28. The monoisotopic (exact) mass is 299 g/mol. The Kier molecular flexibility index (Phi) is 3.91. The zero-order valence-electron chi connectivity index (χ0n) is 12.3. The molecule has 1 aliphatic heterocycles. The third kappa shape index (κ3) is 3.16. The van der Waals surface area contributed by atoms with E-state index in [1.807, 2.05) is 30.3 Å². The molecular formula is C16H17N3O3. The van der Waals surface area contributed by atoms with Gasteiger partial charge < -0.3 is 14.7 Å². The predicted molar refractivity (Wildman–Crippen MR) is 79.8 cm³/mol. The van der Waals surface area contributed by atoms with Gasteiger partial charge in [0.25, 0.3) is 0 Å². The third-order valence-corrected chi connectivity index (χ3v) is 3.68. The number of nitrogens with zero attached hydrogens (tertiary/aromatic N) is 2. The topological polar surface area (TPSA) is 75.4 Å². The average Bonchev–Trinajstić information content (AvgIpc) is 3.07. The highest BCUT2D eigenvalue weighted by Gasteiger charge is 2.34. The highest BCUT2D eigenvalue weighted by atomic mass is 16.5. The number of anilines is 1. The number of hydrogen-bond acceptors (Lipinski definition) is 4. The zero-order chi connectivity index (χ0) is 15.5. The lowest BCUT2D eigenvalue weighted by Gasteiger charge is -2.16. The van der Waals surface area contributed by atoms with Crippen LogP contribution in [0.1, 0.15) is 17.7 Å². The van der Waals surface area contributed by atoms with Crippen molar-refractivity contribution in [2.24, 2.45) is 5.92 Å². The standard InChI is InChI=1S/C16H17N3O3/c1-11-7-14(18-22-11)17-16(21)13-8-15(20)19(10-13)9-12-5-3-2-4-6-12/h2-7,13H,8-10H2,1H3,(H,17,18,21)/t13-/m0/s1. The van der Waals surface area contributed by atoms with E-state index >= 15 is 0 Å². The predicted octanol–water partition coefficient (Wildman–Crippen LogP) is 1.97. The van der Waals surface area contributed by atoms with Crippen LogP contribution in [-0.2, 0) is 16.1 Å². The van der Waals surface area contributed by atoms with Crippen molar-refractivity contribution in [2.45, 2.75) is 19.9 Å². The van der Waals surface area contributed by atoms with Gasteiger partial charge in [-0.05, 0) is 12.5 Å². The number of likely N-dealkylation sites (tertiary alicyclic amines) is 1. The lowest BCUT2D eigenvalue weighted by atomic mass is 10.1. The molecule has 1 atom stereocenters. The molecule has 3 rings (SSSR count). The first-order valence-corrected chi connectivity index (χ1v) is 7.17. The van der Waals surface area contributed by atoms with Crippen LogP contribution in [0, 0.1) is 12.8 Å². The molecule has 6 heteroatoms. The molecule has 2 amide bonds. The molecule has 0 spiro atoms. The SMILES string of the molecule is Cc1cc(NC(=O)[C@H]2CC(=O)N(Cc3ccccc3)C2)no1. The summed E-state index contributed by atoms with van der Waals surface area (Å²) < 4.78 is 4.91. The van der Waals surface area contributed by atoms with Crippen LogP contribution in [0.3, 0.4) is 0 Å². The molecule has 0 bridgehead atoms. The fourth-order valence-electron chi connectivity index (χ4n) is 2.56. The van der Waals surface area contributed by atoms with E-state index in [0.717, 1.165) is 5.56 Å². The van der Waals surface area contributed by atoms with Gasteiger partial charge in [0.2, 0.25) is 11.8 Å². The molecule has 6 nitrogen and oxygen atoms in total. The molecular weight excluding hydrogens is 282 g/mol. The van der Waals surface area contributed by atoms with Crippen LogP contribution >= 0.6 is 0 Å². The number of aryl methyl sites for hydroxylation is 1. The molecule has 1 aromatic heterocycles. The van der Waals surface area contributed by atoms with Crippen LogP contribution in [0.4, 0.5) is 5.82 Å². The van der Waals surface area contributed by atoms with Crippen molar-refractivity contribution < 1.29 is 14.1 Å². The molecule has 114 valence electrons. The van der Waals surface area contributed by atoms with Gasteiger partial charge in [0.1, 0.15) is 5.76 Å². The number of carbonyl (C=O) groups is 2. The normalized spacial score (nSPS) is 17.8. The molecule has 1 saturated heterocycles. The Labute approximate surface area is 128 Å². The lowest BCUT2D eigenvalue weighted by molar-refractivity contribution is -0.128. The Hall–Kier alpha value is -2.63. The maximum atomic E-state index is 12.2. The largest absolute Gasteiger partial charge is 0.360 e. The number of nitrogens with one attached hydrogen (secondary N) is 1. The van der Waals surface area contributed by atoms with Crippen molar-refractivity contribution >= 4 is 17.6 Å². The minimum Gasteiger partial charge on any atom is -0.360 e. The van der Waals surface area contributed by atoms with E-state index in [4.69, 9.17) is 4.52 Å². The average molecular weight is 299 g/mol. The van der Waals surface area contributed by atoms with Crippen molar-refractivity contribution in [3.8, 4) is 0 Å². The van der Waals surface area contributed by atoms with Crippen molar-refractivity contribution in [1.82, 2.24) is 10.1 Å². The van der Waals surface area contributed by atoms with Gasteiger partial charge in [-0.1, -0.05) is 35.5 Å². The molecule has 2 aromatic rings. The number of amides is 2. The Morgan fingerprint density at radius 3 is 2.86 bits per heavy atom. The maximum absolute atomic E-state index is 12.2. The molecule has 1 aliphatic rings. The van der Waals surface area contributed by atoms with Crippen LogP contribution in [0.5, 0.6) is 0 Å². The van der Waals surface area contributed by atoms with Gasteiger partial charge in [-0.15, -0.1) is 0 Å². The van der Waals surface area contributed by atoms with E-state index < -0.39 is 0 Å². The quantitative estimate of drug-likeness (QED) is 0.936. The summed E-state index contributed by atoms with van der Waals surface area (Å²) in [5, 5.41) is 6.41. The van der Waals surface area contributed by atoms with Crippen LogP contribution in [0.25, 0.3) is 0 Å². The summed E-state index contributed by atoms with van der Waals surface area (Å²) in [7, 11) is 0. The van der Waals surface area contributed by atoms with Crippen LogP contribution in [0.15, 0.2) is 40.9 Å². The highest BCUT2D eigenvalue weighted by molar-refractivity contribution is 5.96. The van der Waals surface area contributed by atoms with E-state index in [9.17, 15) is 9.59 Å². The molecule has 2 heterocycles. The molecule has 1 N–H and O–H groups in total. The number of hydrogen-bond donors (Lipinski definition) is 1. The smallest absolute Gasteiger partial charge is 0.231 e. The van der Waals surface area contributed by atoms with E-state index in [1.54, 1.807) is 17.9 Å². The van der Waals surface area contributed by atoms with Crippen LogP contribution in [-0.4, -0.2) is 28.4 Å². The van der Waals surface area contributed by atoms with Crippen LogP contribution in [0.2, 0.25) is 0 Å². The molecule has 1 fully saturated rings. The van der Waals surface area contributed by atoms with Gasteiger partial charge >= 0.3 is 0 Å². The van der Waals surface area contributed by atoms with Crippen LogP contribution < -0.4 is 5.32 Å². The summed E-state index contributed by atoms with van der Waals surface area (Å²) in [5.74, 6) is 0.464. The van der Waals surface area contributed by atoms with Crippen molar-refractivity contribution in [1.29, 1.82) is 0 Å². The summed E-state index contributed by atoms with van der Waals surface area (Å²) in [6.07, 6.45) is 0.232. The number of rotatable bonds is 4. The Balaban J connectivity index is 1.60. The molecule has 0 radical (unpaired) electrons. The Bertz CT molecular complexity index is 681. The Morgan fingerprint density at radius 2 is 2.18 bits per heavy atom. The van der Waals surface area contributed by atoms with Crippen molar-refractivity contribution in [3.05, 3.63) is 47.7 Å². The van der Waals surface area contributed by atoms with Gasteiger partial charge in [0, 0.05) is 25.6 Å². The zero-order valence-corrected chi connectivity index (χ0v) is 12.3. The summed E-state index contributed by atoms with van der Waals surface area (Å²) in [5.41, 5.74) is 1.06. The van der Waals surface area contributed by atoms with E-state index in [2.05, 4.69) is 10.5 Å². The minimum atomic E-state index is -0.354. The van der Waals surface area contributed by atoms with Gasteiger partial charge in [0.15, 0.2) is 5.82 Å². The van der Waals surface area contributed by atoms with Gasteiger partial charge in [-0.2, -0.15) is 0 Å². The molecule has 0 unspecified atom stereocenters. The first kappa shape index (κ1) is 14.3. The summed E-state index contributed by atoms with van der Waals surface area (Å²) >= 11 is 0. The van der Waals surface area contributed by atoms with Gasteiger partial charge in [-0.3, -0.25) is 9.59 Å². The number of benzene rings is 1. The second-order valence-electron chi connectivity index (χ2n) is 5.47. The summed E-state index contributed by atoms with van der Waals surface area (Å²) in [6.45, 7) is 2.71. The second-order valence-corrected chi connectivity index (χ2v) is 5.47. The number of carbonyl (C=O) groups excluding carboxylic acids is 2. The van der Waals surface area contributed by atoms with Gasteiger partial charge in [-0.25, -0.2) is 0 Å². The Morgan fingerprint density at radius 1 is 1.41 bits per heavy atom. The summed E-state index contributed by atoms with van der Waals surface area (Å²) in [4.78, 5) is 26.0. The molecule has 0 aliphatic carbocycles. The van der Waals surface area contributed by atoms with Crippen molar-refractivity contribution in [3.63, 3.8) is 0 Å². The molecule has 22 heavy (non-hydrogen) atoms. The van der Waals surface area contributed by atoms with E-state index in [0.29, 0.717) is 24.7 Å². The van der Waals surface area contributed by atoms with E-state index in [1.165, 1.54) is 0 Å². The summed E-state index contributed by atoms with van der Waals surface area (Å²) in [6, 6.07) is 11.4. The fourth-order valence-corrected chi connectivity index (χ4v) is 2.56. The fraction of sp³-hybridized carbons (Fsp3) is 0.312. The molecule has 1 aromatic carbocycles. The number of aromatic nitrogens is 1. The minimum absolute atomic E-state index is 0.000312. The first-order chi connectivity index (χ1) is 10.6. The first-order valence-electron chi connectivity index (χ1n) is 7.17. The highest BCUT2D eigenvalue weighted by Crippen LogP contribution is 2.21. The van der Waals surface area contributed by atoms with Crippen molar-refractivity contribution in [2.75, 3.05) is 11.9 Å². The second kappa shape index (κ2) is 6.01. The maximum Gasteiger partial charge on any atom is 0.231 e. The molecule has 0 saturated carbocycles. The van der Waals surface area contributed by atoms with Gasteiger partial charge in [0.05, 0.1) is 5.92 Å². The van der Waals surface area contributed by atoms with E-state index in [-0.39, 0.29) is 24.2 Å². The third-order valence-electron chi connectivity index (χ3n) is 3.68.